The van der Waals surface area contributed by atoms with Crippen molar-refractivity contribution in [3.63, 3.8) is 0 Å². The van der Waals surface area contributed by atoms with Crippen molar-refractivity contribution in [1.82, 2.24) is 0 Å². The quantitative estimate of drug-likeness (QED) is 0.705. The molecular weight excluding hydrogens is 380 g/mol. The molecule has 30 heavy (non-hydrogen) atoms. The summed E-state index contributed by atoms with van der Waals surface area (Å²) in [7, 11) is 0. The summed E-state index contributed by atoms with van der Waals surface area (Å²) in [5, 5.41) is 9.01. The second-order valence-corrected chi connectivity index (χ2v) is 11.0. The summed E-state index contributed by atoms with van der Waals surface area (Å²) >= 11 is 0. The van der Waals surface area contributed by atoms with Crippen LogP contribution in [-0.4, -0.2) is 28.4 Å². The van der Waals surface area contributed by atoms with E-state index < -0.39 is 11.4 Å². The number of hydrogen-bond acceptors (Lipinski definition) is 4. The van der Waals surface area contributed by atoms with Gasteiger partial charge in [-0.25, -0.2) is 0 Å². The molecule has 5 nitrogen and oxygen atoms in total. The van der Waals surface area contributed by atoms with Crippen LogP contribution in [0.25, 0.3) is 0 Å². The van der Waals surface area contributed by atoms with Gasteiger partial charge in [-0.15, -0.1) is 0 Å². The molecule has 1 spiro atoms. The van der Waals surface area contributed by atoms with Gasteiger partial charge in [-0.3, -0.25) is 19.2 Å². The summed E-state index contributed by atoms with van der Waals surface area (Å²) < 4.78 is 0. The van der Waals surface area contributed by atoms with Crippen LogP contribution < -0.4 is 0 Å². The molecule has 0 aromatic rings. The third-order valence-corrected chi connectivity index (χ3v) is 9.90. The van der Waals surface area contributed by atoms with Gasteiger partial charge >= 0.3 is 5.97 Å². The third-order valence-electron chi connectivity index (χ3n) is 9.90. The predicted octanol–water partition coefficient (Wildman–Crippen LogP) is 3.99. The first kappa shape index (κ1) is 20.1. The maximum absolute atomic E-state index is 13.6. The monoisotopic (exact) mass is 412 g/mol. The van der Waals surface area contributed by atoms with Crippen molar-refractivity contribution in [2.24, 2.45) is 46.3 Å². The molecule has 0 amide bonds. The van der Waals surface area contributed by atoms with Crippen LogP contribution in [0.4, 0.5) is 0 Å². The number of rotatable bonds is 4. The van der Waals surface area contributed by atoms with Crippen molar-refractivity contribution >= 4 is 23.3 Å². The van der Waals surface area contributed by atoms with Gasteiger partial charge < -0.3 is 5.11 Å². The van der Waals surface area contributed by atoms with Crippen LogP contribution >= 0.6 is 0 Å². The number of ketones is 3. The summed E-state index contributed by atoms with van der Waals surface area (Å²) in [4.78, 5) is 50.0. The highest BCUT2D eigenvalue weighted by Crippen LogP contribution is 2.70. The van der Waals surface area contributed by atoms with E-state index in [4.69, 9.17) is 5.11 Å². The molecule has 5 aliphatic carbocycles. The minimum absolute atomic E-state index is 0.0470. The fraction of sp³-hybridized carbons (Fsp3) is 0.760. The van der Waals surface area contributed by atoms with Crippen LogP contribution in [0.15, 0.2) is 11.6 Å². The molecule has 0 saturated heterocycles. The summed E-state index contributed by atoms with van der Waals surface area (Å²) in [6.45, 7) is 4.31. The Morgan fingerprint density at radius 1 is 1.17 bits per heavy atom. The van der Waals surface area contributed by atoms with Gasteiger partial charge in [0.05, 0.1) is 5.41 Å². The van der Waals surface area contributed by atoms with Gasteiger partial charge in [0.1, 0.15) is 17.3 Å². The fourth-order valence-electron chi connectivity index (χ4n) is 8.23. The number of carboxylic acids is 1. The van der Waals surface area contributed by atoms with E-state index in [1.165, 1.54) is 5.57 Å². The van der Waals surface area contributed by atoms with E-state index in [0.29, 0.717) is 37.9 Å². The Bertz CT molecular complexity index is 871. The summed E-state index contributed by atoms with van der Waals surface area (Å²) in [5.41, 5.74) is 0.700. The first-order valence-electron chi connectivity index (χ1n) is 11.7. The van der Waals surface area contributed by atoms with E-state index in [1.807, 2.05) is 0 Å². The molecule has 4 fully saturated rings. The number of allylic oxidation sites excluding steroid dienone is 2. The molecule has 8 atom stereocenters. The third kappa shape index (κ3) is 2.53. The average molecular weight is 413 g/mol. The van der Waals surface area contributed by atoms with E-state index in [1.54, 1.807) is 0 Å². The highest BCUT2D eigenvalue weighted by Gasteiger charge is 2.69. The standard InChI is InChI=1S/C25H32O5/c1-13(3-6-22(29)30)16-12-25-17(16)4-5-18(25)23-19(11-21(25)28)24(2)8-7-15(26)9-14(24)10-20(23)27/h12-14,17-19,23H,3-11H2,1-2H3,(H,29,30). The van der Waals surface area contributed by atoms with Gasteiger partial charge in [0.25, 0.3) is 0 Å². The second kappa shape index (κ2) is 6.61. The molecule has 0 aliphatic heterocycles. The molecule has 162 valence electrons. The summed E-state index contributed by atoms with van der Waals surface area (Å²) in [5.74, 6) is 0.703. The molecular formula is C25H32O5. The minimum Gasteiger partial charge on any atom is -0.481 e. The van der Waals surface area contributed by atoms with Gasteiger partial charge in [0.2, 0.25) is 0 Å². The zero-order valence-electron chi connectivity index (χ0n) is 18.0. The van der Waals surface area contributed by atoms with Crippen molar-refractivity contribution < 1.29 is 24.3 Å². The molecule has 0 bridgehead atoms. The Hall–Kier alpha value is -1.78. The largest absolute Gasteiger partial charge is 0.481 e. The smallest absolute Gasteiger partial charge is 0.303 e. The van der Waals surface area contributed by atoms with E-state index in [-0.39, 0.29) is 58.9 Å². The van der Waals surface area contributed by atoms with Crippen LogP contribution in [0.3, 0.4) is 0 Å². The van der Waals surface area contributed by atoms with Crippen LogP contribution in [0.5, 0.6) is 0 Å². The number of carbonyl (C=O) groups excluding carboxylic acids is 3. The normalized spacial score (nSPS) is 45.5. The van der Waals surface area contributed by atoms with Crippen molar-refractivity contribution in [2.45, 2.75) is 71.6 Å². The highest BCUT2D eigenvalue weighted by atomic mass is 16.4. The summed E-state index contributed by atoms with van der Waals surface area (Å²) in [6.07, 6.45) is 7.64. The molecule has 0 radical (unpaired) electrons. The lowest BCUT2D eigenvalue weighted by Gasteiger charge is -2.60. The SMILES string of the molecule is CC(CCC(=O)O)C1=CC23C(=O)CC4C(C(=O)CC5CC(=O)CCC54C)C2CCC13. The van der Waals surface area contributed by atoms with Gasteiger partial charge in [-0.1, -0.05) is 25.5 Å². The molecule has 1 N–H and O–H groups in total. The number of fused-ring (bicyclic) bond motifs is 4. The lowest BCUT2D eigenvalue weighted by molar-refractivity contribution is -0.164. The van der Waals surface area contributed by atoms with Gasteiger partial charge in [0, 0.05) is 38.0 Å². The van der Waals surface area contributed by atoms with Gasteiger partial charge in [0.15, 0.2) is 0 Å². The van der Waals surface area contributed by atoms with Crippen molar-refractivity contribution in [3.05, 3.63) is 11.6 Å². The van der Waals surface area contributed by atoms with Crippen molar-refractivity contribution in [3.8, 4) is 0 Å². The molecule has 5 heteroatoms. The lowest BCUT2D eigenvalue weighted by Crippen LogP contribution is -2.61. The van der Waals surface area contributed by atoms with E-state index in [2.05, 4.69) is 19.9 Å². The number of hydrogen-bond donors (Lipinski definition) is 1. The Labute approximate surface area is 177 Å². The molecule has 0 aromatic carbocycles. The van der Waals surface area contributed by atoms with Crippen molar-refractivity contribution in [2.75, 3.05) is 0 Å². The topological polar surface area (TPSA) is 88.5 Å². The average Bonchev–Trinajstić information content (AvgIpc) is 2.95. The number of Topliss-reactive ketones (excluding diaryl/α,β-unsaturated/α-hetero) is 3. The highest BCUT2D eigenvalue weighted by molar-refractivity contribution is 5.96. The Morgan fingerprint density at radius 3 is 2.67 bits per heavy atom. The first-order valence-corrected chi connectivity index (χ1v) is 11.7. The molecule has 8 unspecified atom stereocenters. The molecule has 5 rings (SSSR count). The predicted molar refractivity (Wildman–Crippen MR) is 109 cm³/mol. The van der Waals surface area contributed by atoms with E-state index >= 15 is 0 Å². The maximum Gasteiger partial charge on any atom is 0.303 e. The molecule has 4 saturated carbocycles. The molecule has 0 heterocycles. The Morgan fingerprint density at radius 2 is 1.93 bits per heavy atom. The van der Waals surface area contributed by atoms with Crippen LogP contribution in [0, 0.1) is 46.3 Å². The fourth-order valence-corrected chi connectivity index (χ4v) is 8.23. The number of carbonyl (C=O) groups is 4. The minimum atomic E-state index is -0.779. The maximum atomic E-state index is 13.6. The summed E-state index contributed by atoms with van der Waals surface area (Å²) in [6, 6.07) is 0. The van der Waals surface area contributed by atoms with E-state index in [0.717, 1.165) is 19.3 Å². The lowest BCUT2D eigenvalue weighted by atomic mass is 9.41. The first-order chi connectivity index (χ1) is 14.2. The van der Waals surface area contributed by atoms with Gasteiger partial charge in [-0.05, 0) is 60.7 Å². The molecule has 0 aromatic heterocycles. The van der Waals surface area contributed by atoms with E-state index in [9.17, 15) is 19.2 Å². The number of carboxylic acid groups (broad SMARTS) is 1. The zero-order chi connectivity index (χ0) is 21.4. The number of aliphatic carboxylic acids is 1. The van der Waals surface area contributed by atoms with Gasteiger partial charge in [-0.2, -0.15) is 0 Å². The van der Waals surface area contributed by atoms with Crippen LogP contribution in [0.1, 0.15) is 71.6 Å². The van der Waals surface area contributed by atoms with Crippen LogP contribution in [0.2, 0.25) is 0 Å². The second-order valence-electron chi connectivity index (χ2n) is 11.0. The Balaban J connectivity index is 1.45. The van der Waals surface area contributed by atoms with Crippen LogP contribution in [-0.2, 0) is 19.2 Å². The zero-order valence-corrected chi connectivity index (χ0v) is 18.0. The van der Waals surface area contributed by atoms with Crippen molar-refractivity contribution in [1.29, 1.82) is 0 Å². The molecule has 5 aliphatic rings. The Kier molecular flexibility index (Phi) is 4.44.